The van der Waals surface area contributed by atoms with E-state index in [9.17, 15) is 9.59 Å². The minimum Gasteiger partial charge on any atom is -0.370 e. The van der Waals surface area contributed by atoms with Gasteiger partial charge in [0, 0.05) is 22.5 Å². The monoisotopic (exact) mass is 558 g/mol. The van der Waals surface area contributed by atoms with E-state index in [1.165, 1.54) is 0 Å². The van der Waals surface area contributed by atoms with Gasteiger partial charge in [0.15, 0.2) is 11.6 Å². The number of anilines is 4. The zero-order valence-corrected chi connectivity index (χ0v) is 23.9. The van der Waals surface area contributed by atoms with E-state index in [1.807, 2.05) is 74.5 Å². The van der Waals surface area contributed by atoms with Gasteiger partial charge in [-0.25, -0.2) is 0 Å². The topological polar surface area (TPSA) is 76.7 Å². The molecular formula is C36H34N2O4. The Hall–Kier alpha value is -4.78. The average molecular weight is 559 g/mol. The predicted molar refractivity (Wildman–Crippen MR) is 168 cm³/mol. The van der Waals surface area contributed by atoms with Crippen molar-refractivity contribution in [2.45, 2.75) is 26.1 Å². The maximum Gasteiger partial charge on any atom is 0.196 e. The molecule has 0 aliphatic heterocycles. The van der Waals surface area contributed by atoms with Crippen LogP contribution in [0.5, 0.6) is 0 Å². The molecule has 4 aromatic rings. The summed E-state index contributed by atoms with van der Waals surface area (Å²) in [6, 6.07) is 26.3. The Morgan fingerprint density at radius 3 is 1.36 bits per heavy atom. The van der Waals surface area contributed by atoms with E-state index in [0.717, 1.165) is 22.5 Å². The maximum absolute atomic E-state index is 13.9. The SMILES string of the molecule is C=CCOC(C)c1ccc(Nc2ccc(Nc3ccc(C(C)OCC=C)cc3)c3c2C(=O)c2ccccc2C3=O)cc1. The summed E-state index contributed by atoms with van der Waals surface area (Å²) in [6.45, 7) is 12.3. The Balaban J connectivity index is 1.48. The van der Waals surface area contributed by atoms with E-state index >= 15 is 0 Å². The van der Waals surface area contributed by atoms with E-state index in [2.05, 4.69) is 23.8 Å². The number of hydrogen-bond acceptors (Lipinski definition) is 6. The molecule has 0 bridgehead atoms. The minimum absolute atomic E-state index is 0.0807. The Morgan fingerprint density at radius 1 is 0.619 bits per heavy atom. The summed E-state index contributed by atoms with van der Waals surface area (Å²) in [6.07, 6.45) is 3.28. The number of rotatable bonds is 12. The highest BCUT2D eigenvalue weighted by molar-refractivity contribution is 6.32. The van der Waals surface area contributed by atoms with Gasteiger partial charge in [0.25, 0.3) is 0 Å². The molecule has 0 fully saturated rings. The molecule has 5 rings (SSSR count). The van der Waals surface area contributed by atoms with Crippen LogP contribution >= 0.6 is 0 Å². The van der Waals surface area contributed by atoms with Gasteiger partial charge in [0.2, 0.25) is 0 Å². The lowest BCUT2D eigenvalue weighted by Gasteiger charge is -2.24. The molecule has 0 heterocycles. The Morgan fingerprint density at radius 2 is 1.00 bits per heavy atom. The van der Waals surface area contributed by atoms with Gasteiger partial charge in [-0.3, -0.25) is 9.59 Å². The fraction of sp³-hybridized carbons (Fsp3) is 0.167. The van der Waals surface area contributed by atoms with Crippen molar-refractivity contribution in [2.24, 2.45) is 0 Å². The van der Waals surface area contributed by atoms with Crippen molar-refractivity contribution in [1.82, 2.24) is 0 Å². The number of ether oxygens (including phenoxy) is 2. The van der Waals surface area contributed by atoms with E-state index in [-0.39, 0.29) is 23.8 Å². The lowest BCUT2D eigenvalue weighted by atomic mass is 9.82. The first-order valence-corrected chi connectivity index (χ1v) is 14.0. The maximum atomic E-state index is 13.9. The third-order valence-electron chi connectivity index (χ3n) is 7.32. The van der Waals surface area contributed by atoms with Gasteiger partial charge in [-0.2, -0.15) is 0 Å². The number of fused-ring (bicyclic) bond motifs is 2. The molecule has 42 heavy (non-hydrogen) atoms. The van der Waals surface area contributed by atoms with Crippen molar-refractivity contribution in [3.8, 4) is 0 Å². The van der Waals surface area contributed by atoms with Crippen LogP contribution < -0.4 is 10.6 Å². The lowest BCUT2D eigenvalue weighted by Crippen LogP contribution is -2.23. The van der Waals surface area contributed by atoms with E-state index in [0.29, 0.717) is 46.8 Å². The van der Waals surface area contributed by atoms with Crippen molar-refractivity contribution in [3.63, 3.8) is 0 Å². The van der Waals surface area contributed by atoms with Crippen LogP contribution in [0.25, 0.3) is 0 Å². The summed E-state index contributed by atoms with van der Waals surface area (Å²) < 4.78 is 11.5. The molecule has 6 heteroatoms. The number of nitrogens with one attached hydrogen (secondary N) is 2. The standard InChI is InChI=1S/C36H34N2O4/c1-5-21-41-23(3)25-11-15-27(16-12-25)37-31-19-20-32(38-28-17-13-26(14-18-28)24(4)42-22-6-2)34-33(31)35(39)29-9-7-8-10-30(29)36(34)40/h5-20,23-24,37-38H,1-2,21-22H2,3-4H3. The molecule has 1 aliphatic rings. The fourth-order valence-corrected chi connectivity index (χ4v) is 5.03. The molecule has 0 aromatic heterocycles. The first-order valence-electron chi connectivity index (χ1n) is 14.0. The van der Waals surface area contributed by atoms with Crippen molar-refractivity contribution in [2.75, 3.05) is 23.8 Å². The molecule has 0 spiro atoms. The second-order valence-corrected chi connectivity index (χ2v) is 10.1. The van der Waals surface area contributed by atoms with E-state index in [1.54, 1.807) is 36.4 Å². The smallest absolute Gasteiger partial charge is 0.196 e. The molecule has 0 radical (unpaired) electrons. The first kappa shape index (κ1) is 28.7. The number of ketones is 2. The van der Waals surface area contributed by atoms with Gasteiger partial charge >= 0.3 is 0 Å². The van der Waals surface area contributed by atoms with Crippen LogP contribution in [0.15, 0.2) is 110 Å². The molecule has 4 aromatic carbocycles. The van der Waals surface area contributed by atoms with Crippen molar-refractivity contribution >= 4 is 34.3 Å². The molecule has 1 aliphatic carbocycles. The lowest BCUT2D eigenvalue weighted by molar-refractivity contribution is 0.0887. The van der Waals surface area contributed by atoms with Crippen LogP contribution in [0.3, 0.4) is 0 Å². The number of benzene rings is 4. The second-order valence-electron chi connectivity index (χ2n) is 10.1. The molecule has 6 nitrogen and oxygen atoms in total. The normalized spacial score (nSPS) is 13.5. The van der Waals surface area contributed by atoms with E-state index < -0.39 is 0 Å². The summed E-state index contributed by atoms with van der Waals surface area (Å²) in [7, 11) is 0. The molecule has 0 saturated heterocycles. The summed E-state index contributed by atoms with van der Waals surface area (Å²) in [5.41, 5.74) is 6.25. The van der Waals surface area contributed by atoms with Gasteiger partial charge < -0.3 is 20.1 Å². The van der Waals surface area contributed by atoms with Crippen LogP contribution in [0, 0.1) is 0 Å². The van der Waals surface area contributed by atoms with Gasteiger partial charge in [0.05, 0.1) is 47.9 Å². The molecule has 0 saturated carbocycles. The summed E-state index contributed by atoms with van der Waals surface area (Å²) in [5.74, 6) is -0.393. The molecule has 2 atom stereocenters. The largest absolute Gasteiger partial charge is 0.370 e. The van der Waals surface area contributed by atoms with Crippen molar-refractivity contribution < 1.29 is 19.1 Å². The zero-order chi connectivity index (χ0) is 29.6. The Labute approximate surface area is 246 Å². The van der Waals surface area contributed by atoms with Crippen molar-refractivity contribution in [3.05, 3.63) is 144 Å². The number of hydrogen-bond donors (Lipinski definition) is 2. The van der Waals surface area contributed by atoms with Crippen molar-refractivity contribution in [1.29, 1.82) is 0 Å². The summed E-state index contributed by atoms with van der Waals surface area (Å²) >= 11 is 0. The first-order chi connectivity index (χ1) is 20.4. The summed E-state index contributed by atoms with van der Waals surface area (Å²) in [5, 5.41) is 6.74. The minimum atomic E-state index is -0.196. The molecule has 2 N–H and O–H groups in total. The van der Waals surface area contributed by atoms with Gasteiger partial charge in [-0.05, 0) is 61.4 Å². The molecule has 2 unspecified atom stereocenters. The zero-order valence-electron chi connectivity index (χ0n) is 23.9. The second kappa shape index (κ2) is 12.8. The Bertz CT molecular complexity index is 1500. The van der Waals surface area contributed by atoms with Crippen LogP contribution in [0.4, 0.5) is 22.7 Å². The van der Waals surface area contributed by atoms with Gasteiger partial charge in [-0.1, -0.05) is 60.7 Å². The van der Waals surface area contributed by atoms with Gasteiger partial charge in [-0.15, -0.1) is 13.2 Å². The third-order valence-corrected chi connectivity index (χ3v) is 7.32. The third kappa shape index (κ3) is 5.96. The van der Waals surface area contributed by atoms with Crippen LogP contribution in [-0.4, -0.2) is 24.8 Å². The average Bonchev–Trinajstić information content (AvgIpc) is 3.02. The van der Waals surface area contributed by atoms with Gasteiger partial charge in [0.1, 0.15) is 0 Å². The van der Waals surface area contributed by atoms with Crippen LogP contribution in [0.2, 0.25) is 0 Å². The van der Waals surface area contributed by atoms with Crippen LogP contribution in [0.1, 0.15) is 69.0 Å². The summed E-state index contributed by atoms with van der Waals surface area (Å²) in [4.78, 5) is 27.7. The fourth-order valence-electron chi connectivity index (χ4n) is 5.03. The highest BCUT2D eigenvalue weighted by atomic mass is 16.5. The highest BCUT2D eigenvalue weighted by Crippen LogP contribution is 2.39. The highest BCUT2D eigenvalue weighted by Gasteiger charge is 2.34. The molecular weight excluding hydrogens is 524 g/mol. The molecule has 0 amide bonds. The van der Waals surface area contributed by atoms with Crippen LogP contribution in [-0.2, 0) is 9.47 Å². The predicted octanol–water partition coefficient (Wildman–Crippen LogP) is 8.48. The molecule has 212 valence electrons. The van der Waals surface area contributed by atoms with E-state index in [4.69, 9.17) is 9.47 Å². The number of carbonyl (C=O) groups is 2. The Kier molecular flexibility index (Phi) is 8.77. The quantitative estimate of drug-likeness (QED) is 0.150. The number of carbonyl (C=O) groups excluding carboxylic acids is 2.